The number of nitrogens with zero attached hydrogens (tertiary/aromatic N) is 4. The molecule has 21 heavy (non-hydrogen) atoms. The number of nitrogens with one attached hydrogen (secondary N) is 1. The molecule has 8 heteroatoms. The number of hydrogen-bond donors (Lipinski definition) is 2. The van der Waals surface area contributed by atoms with Gasteiger partial charge in [-0.15, -0.1) is 10.2 Å². The Hall–Kier alpha value is -2.12. The van der Waals surface area contributed by atoms with E-state index in [4.69, 9.17) is 0 Å². The number of hydrogen-bond acceptors (Lipinski definition) is 4. The molecular formula is C13H21N5O3. The van der Waals surface area contributed by atoms with Crippen molar-refractivity contribution in [1.29, 1.82) is 0 Å². The van der Waals surface area contributed by atoms with E-state index in [0.29, 0.717) is 25.9 Å². The number of likely N-dealkylation sites (tertiary alicyclic amines) is 1. The summed E-state index contributed by atoms with van der Waals surface area (Å²) >= 11 is 0. The van der Waals surface area contributed by atoms with Crippen LogP contribution in [0, 0.1) is 0 Å². The first-order valence-corrected chi connectivity index (χ1v) is 7.19. The number of carboxylic acids is 1. The van der Waals surface area contributed by atoms with Crippen molar-refractivity contribution in [2.75, 3.05) is 13.1 Å². The van der Waals surface area contributed by atoms with Gasteiger partial charge in [0.2, 0.25) is 0 Å². The van der Waals surface area contributed by atoms with Crippen molar-refractivity contribution in [2.24, 2.45) is 7.05 Å². The molecule has 0 radical (unpaired) electrons. The van der Waals surface area contributed by atoms with Crippen LogP contribution in [0.2, 0.25) is 0 Å². The summed E-state index contributed by atoms with van der Waals surface area (Å²) in [5.74, 6) is -0.152. The molecule has 1 saturated heterocycles. The third kappa shape index (κ3) is 3.93. The second kappa shape index (κ2) is 7.05. The van der Waals surface area contributed by atoms with Crippen LogP contribution in [0.1, 0.15) is 31.5 Å². The van der Waals surface area contributed by atoms with Crippen molar-refractivity contribution in [2.45, 2.75) is 38.1 Å². The summed E-state index contributed by atoms with van der Waals surface area (Å²) in [7, 11) is 1.84. The Morgan fingerprint density at radius 3 is 2.90 bits per heavy atom. The van der Waals surface area contributed by atoms with Crippen LogP contribution in [0.3, 0.4) is 0 Å². The van der Waals surface area contributed by atoms with Crippen molar-refractivity contribution in [3.8, 4) is 0 Å². The van der Waals surface area contributed by atoms with E-state index >= 15 is 0 Å². The Kier molecular flexibility index (Phi) is 5.13. The molecule has 1 aliphatic heterocycles. The number of amides is 2. The summed E-state index contributed by atoms with van der Waals surface area (Å²) in [5.41, 5.74) is 0. The van der Waals surface area contributed by atoms with E-state index in [2.05, 4.69) is 15.5 Å². The van der Waals surface area contributed by atoms with Gasteiger partial charge in [0.25, 0.3) is 0 Å². The minimum atomic E-state index is -0.930. The maximum Gasteiger partial charge on any atom is 0.326 e. The molecule has 2 heterocycles. The van der Waals surface area contributed by atoms with Crippen LogP contribution in [-0.2, 0) is 18.3 Å². The average Bonchev–Trinajstić information content (AvgIpc) is 2.72. The highest BCUT2D eigenvalue weighted by Crippen LogP contribution is 2.17. The lowest BCUT2D eigenvalue weighted by molar-refractivity contribution is -0.142. The molecule has 1 atom stereocenters. The topological polar surface area (TPSA) is 100 Å². The molecule has 2 amide bonds. The van der Waals surface area contributed by atoms with Gasteiger partial charge in [0.05, 0.1) is 0 Å². The normalized spacial score (nSPS) is 19.1. The van der Waals surface area contributed by atoms with E-state index in [1.807, 2.05) is 7.05 Å². The highest BCUT2D eigenvalue weighted by molar-refractivity contribution is 5.82. The average molecular weight is 295 g/mol. The first kappa shape index (κ1) is 15.3. The molecule has 0 spiro atoms. The molecule has 0 aliphatic carbocycles. The Labute approximate surface area is 123 Å². The molecule has 1 aromatic rings. The number of urea groups is 1. The van der Waals surface area contributed by atoms with Gasteiger partial charge in [0.1, 0.15) is 18.2 Å². The predicted octanol–water partition coefficient (Wildman–Crippen LogP) is 0.396. The Bertz CT molecular complexity index is 502. The molecule has 1 unspecified atom stereocenters. The molecule has 1 aliphatic rings. The number of aliphatic carboxylic acids is 1. The lowest BCUT2D eigenvalue weighted by Gasteiger charge is -2.27. The number of aromatic nitrogens is 3. The van der Waals surface area contributed by atoms with Gasteiger partial charge in [-0.25, -0.2) is 9.59 Å². The first-order chi connectivity index (χ1) is 10.1. The van der Waals surface area contributed by atoms with E-state index in [1.54, 1.807) is 10.9 Å². The van der Waals surface area contributed by atoms with E-state index < -0.39 is 12.0 Å². The minimum Gasteiger partial charge on any atom is -0.480 e. The second-order valence-corrected chi connectivity index (χ2v) is 5.24. The predicted molar refractivity (Wildman–Crippen MR) is 74.7 cm³/mol. The van der Waals surface area contributed by atoms with Crippen LogP contribution in [0.15, 0.2) is 6.33 Å². The number of carbonyl (C=O) groups is 2. The Balaban J connectivity index is 1.88. The second-order valence-electron chi connectivity index (χ2n) is 5.24. The zero-order valence-electron chi connectivity index (χ0n) is 12.2. The molecule has 1 fully saturated rings. The van der Waals surface area contributed by atoms with E-state index in [-0.39, 0.29) is 6.03 Å². The molecule has 0 aromatic carbocycles. The molecule has 8 nitrogen and oxygen atoms in total. The summed E-state index contributed by atoms with van der Waals surface area (Å²) < 4.78 is 1.79. The number of carboxylic acid groups (broad SMARTS) is 1. The number of carbonyl (C=O) groups excluding carboxylic acids is 1. The van der Waals surface area contributed by atoms with Gasteiger partial charge >= 0.3 is 12.0 Å². The fourth-order valence-corrected chi connectivity index (χ4v) is 2.52. The summed E-state index contributed by atoms with van der Waals surface area (Å²) in [6.07, 6.45) is 5.35. The lowest BCUT2D eigenvalue weighted by atomic mass is 10.1. The minimum absolute atomic E-state index is 0.313. The summed E-state index contributed by atoms with van der Waals surface area (Å²) in [6, 6.07) is -1.03. The van der Waals surface area contributed by atoms with Gasteiger partial charge in [-0.05, 0) is 12.8 Å². The first-order valence-electron chi connectivity index (χ1n) is 7.19. The van der Waals surface area contributed by atoms with Crippen molar-refractivity contribution in [1.82, 2.24) is 25.0 Å². The molecule has 0 bridgehead atoms. The zero-order valence-corrected chi connectivity index (χ0v) is 12.2. The quantitative estimate of drug-likeness (QED) is 0.837. The van der Waals surface area contributed by atoms with E-state index in [9.17, 15) is 14.7 Å². The van der Waals surface area contributed by atoms with Crippen molar-refractivity contribution in [3.05, 3.63) is 12.2 Å². The smallest absolute Gasteiger partial charge is 0.326 e. The van der Waals surface area contributed by atoms with Gasteiger partial charge in [0, 0.05) is 26.6 Å². The number of rotatable bonds is 4. The summed E-state index contributed by atoms with van der Waals surface area (Å²) in [6.45, 7) is 0.904. The monoisotopic (exact) mass is 295 g/mol. The fourth-order valence-electron chi connectivity index (χ4n) is 2.52. The van der Waals surface area contributed by atoms with Crippen molar-refractivity contribution in [3.63, 3.8) is 0 Å². The van der Waals surface area contributed by atoms with Crippen LogP contribution in [0.5, 0.6) is 0 Å². The van der Waals surface area contributed by atoms with Gasteiger partial charge in [-0.1, -0.05) is 12.8 Å². The molecule has 116 valence electrons. The number of aryl methyl sites for hydroxylation is 1. The lowest BCUT2D eigenvalue weighted by Crippen LogP contribution is -2.49. The molecule has 1 aromatic heterocycles. The third-order valence-corrected chi connectivity index (χ3v) is 3.73. The standard InChI is InChI=1S/C13H21N5O3/c1-17-9-15-16-11(17)6-7-14-13(21)18-8-4-2-3-5-10(18)12(19)20/h9-10H,2-8H2,1H3,(H,14,21)(H,19,20). The van der Waals surface area contributed by atoms with Gasteiger partial charge in [0.15, 0.2) is 0 Å². The van der Waals surface area contributed by atoms with Gasteiger partial charge in [-0.2, -0.15) is 0 Å². The highest BCUT2D eigenvalue weighted by Gasteiger charge is 2.30. The van der Waals surface area contributed by atoms with E-state index in [0.717, 1.165) is 25.1 Å². The maximum absolute atomic E-state index is 12.2. The van der Waals surface area contributed by atoms with Gasteiger partial charge < -0.3 is 19.9 Å². The van der Waals surface area contributed by atoms with Gasteiger partial charge in [-0.3, -0.25) is 0 Å². The zero-order chi connectivity index (χ0) is 15.2. The fraction of sp³-hybridized carbons (Fsp3) is 0.692. The molecule has 0 saturated carbocycles. The highest BCUT2D eigenvalue weighted by atomic mass is 16.4. The van der Waals surface area contributed by atoms with E-state index in [1.165, 1.54) is 4.90 Å². The summed E-state index contributed by atoms with van der Waals surface area (Å²) in [5, 5.41) is 19.7. The summed E-state index contributed by atoms with van der Waals surface area (Å²) in [4.78, 5) is 24.9. The van der Waals surface area contributed by atoms with Crippen LogP contribution in [0.4, 0.5) is 4.79 Å². The van der Waals surface area contributed by atoms with Crippen LogP contribution >= 0.6 is 0 Å². The maximum atomic E-state index is 12.2. The molecule has 2 N–H and O–H groups in total. The third-order valence-electron chi connectivity index (χ3n) is 3.73. The SMILES string of the molecule is Cn1cnnc1CCNC(=O)N1CCCCCC1C(=O)O. The Morgan fingerprint density at radius 2 is 2.24 bits per heavy atom. The molecule has 2 rings (SSSR count). The Morgan fingerprint density at radius 1 is 1.43 bits per heavy atom. The van der Waals surface area contributed by atoms with Crippen LogP contribution in [-0.4, -0.2) is 55.9 Å². The van der Waals surface area contributed by atoms with Crippen molar-refractivity contribution < 1.29 is 14.7 Å². The van der Waals surface area contributed by atoms with Crippen LogP contribution < -0.4 is 5.32 Å². The van der Waals surface area contributed by atoms with Crippen LogP contribution in [0.25, 0.3) is 0 Å². The van der Waals surface area contributed by atoms with Crippen molar-refractivity contribution >= 4 is 12.0 Å². The largest absolute Gasteiger partial charge is 0.480 e. The molecular weight excluding hydrogens is 274 g/mol.